The van der Waals surface area contributed by atoms with Crippen molar-refractivity contribution >= 4 is 85.7 Å². The zero-order valence-corrected chi connectivity index (χ0v) is 34.6. The Kier molecular flexibility index (Phi) is 11.0. The number of nitrogens with zero attached hydrogens (tertiary/aromatic N) is 4. The Balaban J connectivity index is 0.972. The summed E-state index contributed by atoms with van der Waals surface area (Å²) in [6.45, 7) is 12.3. The van der Waals surface area contributed by atoms with Crippen LogP contribution in [-0.2, 0) is 0 Å². The highest BCUT2D eigenvalue weighted by Gasteiger charge is 2.17. The van der Waals surface area contributed by atoms with E-state index in [1.165, 1.54) is 32.7 Å². The van der Waals surface area contributed by atoms with Crippen LogP contribution in [0.2, 0.25) is 0 Å². The second-order valence-corrected chi connectivity index (χ2v) is 15.3. The molecule has 0 radical (unpaired) electrons. The van der Waals surface area contributed by atoms with E-state index >= 15 is 0 Å². The van der Waals surface area contributed by atoms with Crippen LogP contribution in [0.4, 0.5) is 39.8 Å². The van der Waals surface area contributed by atoms with Gasteiger partial charge >= 0.3 is 0 Å². The van der Waals surface area contributed by atoms with E-state index in [9.17, 15) is 5.26 Å². The van der Waals surface area contributed by atoms with E-state index < -0.39 is 0 Å². The number of hydrogen-bond donors (Lipinski definition) is 0. The minimum Gasteiger partial charge on any atom is -0.310 e. The molecule has 9 rings (SSSR count). The third-order valence-electron chi connectivity index (χ3n) is 11.4. The van der Waals surface area contributed by atoms with E-state index in [4.69, 9.17) is 6.57 Å². The standard InChI is InChI=1S/C58H42N4/c1-41-22-36-57(54-20-12-10-18-52(41)54)61(48-14-6-4-7-15-48)50-32-26-43(27-33-50)24-30-45-39-56(60-3)46(38-47(45)40-59)31-25-44-28-34-51(35-29-44)62(49-16-8-5-9-17-49)58-37-23-42(2)53-19-11-13-21-55(53)58/h4-39H,1-2H3/b30-24+,31-25+. The molecule has 0 saturated carbocycles. The van der Waals surface area contributed by atoms with Gasteiger partial charge in [0.05, 0.1) is 29.6 Å². The van der Waals surface area contributed by atoms with Crippen molar-refractivity contribution in [3.8, 4) is 6.07 Å². The number of fused-ring (bicyclic) bond motifs is 2. The quantitative estimate of drug-likeness (QED) is 0.102. The minimum atomic E-state index is 0.484. The van der Waals surface area contributed by atoms with Crippen LogP contribution in [0.1, 0.15) is 38.9 Å². The smallest absolute Gasteiger partial charge is 0.194 e. The molecule has 0 aliphatic rings. The Bertz CT molecular complexity index is 2990. The lowest BCUT2D eigenvalue weighted by molar-refractivity contribution is 1.29. The molecular weight excluding hydrogens is 753 g/mol. The largest absolute Gasteiger partial charge is 0.310 e. The van der Waals surface area contributed by atoms with E-state index in [1.54, 1.807) is 0 Å². The van der Waals surface area contributed by atoms with Gasteiger partial charge in [-0.15, -0.1) is 0 Å². The summed E-state index contributed by atoms with van der Waals surface area (Å²) in [4.78, 5) is 8.45. The van der Waals surface area contributed by atoms with Gasteiger partial charge < -0.3 is 9.80 Å². The maximum absolute atomic E-state index is 10.3. The van der Waals surface area contributed by atoms with Gasteiger partial charge in [-0.1, -0.05) is 146 Å². The summed E-state index contributed by atoms with van der Waals surface area (Å²) in [5.41, 5.74) is 13.3. The van der Waals surface area contributed by atoms with Gasteiger partial charge in [0.15, 0.2) is 5.69 Å². The number of nitriles is 1. The fourth-order valence-electron chi connectivity index (χ4n) is 8.19. The molecule has 4 heteroatoms. The summed E-state index contributed by atoms with van der Waals surface area (Å²) in [5.74, 6) is 0. The number of para-hydroxylation sites is 2. The van der Waals surface area contributed by atoms with Gasteiger partial charge in [0.2, 0.25) is 0 Å². The molecule has 0 heterocycles. The first-order valence-corrected chi connectivity index (χ1v) is 20.7. The molecule has 0 aliphatic carbocycles. The molecule has 0 amide bonds. The molecule has 294 valence electrons. The summed E-state index contributed by atoms with van der Waals surface area (Å²) in [7, 11) is 0. The minimum absolute atomic E-state index is 0.484. The van der Waals surface area contributed by atoms with Crippen molar-refractivity contribution in [2.24, 2.45) is 0 Å². The van der Waals surface area contributed by atoms with Crippen molar-refractivity contribution < 1.29 is 0 Å². The molecule has 0 N–H and O–H groups in total. The third-order valence-corrected chi connectivity index (χ3v) is 11.4. The highest BCUT2D eigenvalue weighted by atomic mass is 15.1. The van der Waals surface area contributed by atoms with Gasteiger partial charge in [-0.3, -0.25) is 0 Å². The summed E-state index contributed by atoms with van der Waals surface area (Å²) >= 11 is 0. The molecule has 9 aromatic carbocycles. The molecule has 9 aromatic rings. The van der Waals surface area contributed by atoms with Crippen molar-refractivity contribution in [3.05, 3.63) is 244 Å². The van der Waals surface area contributed by atoms with Gasteiger partial charge in [-0.05, 0) is 131 Å². The number of anilines is 6. The van der Waals surface area contributed by atoms with Crippen molar-refractivity contribution in [3.63, 3.8) is 0 Å². The number of aryl methyl sites for hydroxylation is 2. The van der Waals surface area contributed by atoms with E-state index in [-0.39, 0.29) is 0 Å². The second kappa shape index (κ2) is 17.4. The fourth-order valence-corrected chi connectivity index (χ4v) is 8.19. The van der Waals surface area contributed by atoms with E-state index in [2.05, 4.69) is 204 Å². The van der Waals surface area contributed by atoms with Crippen LogP contribution in [0.25, 0.3) is 50.7 Å². The van der Waals surface area contributed by atoms with E-state index in [0.717, 1.165) is 45.3 Å². The lowest BCUT2D eigenvalue weighted by Gasteiger charge is -2.27. The summed E-state index contributed by atoms with van der Waals surface area (Å²) in [6.07, 6.45) is 7.84. The van der Waals surface area contributed by atoms with Gasteiger partial charge in [0, 0.05) is 33.5 Å². The molecule has 4 nitrogen and oxygen atoms in total. The molecule has 0 aliphatic heterocycles. The van der Waals surface area contributed by atoms with Crippen LogP contribution in [0.15, 0.2) is 194 Å². The molecule has 62 heavy (non-hydrogen) atoms. The zero-order chi connectivity index (χ0) is 42.4. The first kappa shape index (κ1) is 39.0. The lowest BCUT2D eigenvalue weighted by atomic mass is 10.00. The van der Waals surface area contributed by atoms with Crippen LogP contribution in [0.3, 0.4) is 0 Å². The molecule has 0 aromatic heterocycles. The van der Waals surface area contributed by atoms with Crippen molar-refractivity contribution in [2.45, 2.75) is 13.8 Å². The Morgan fingerprint density at radius 2 is 0.839 bits per heavy atom. The lowest BCUT2D eigenvalue weighted by Crippen LogP contribution is -2.10. The van der Waals surface area contributed by atoms with Gasteiger partial charge in [0.25, 0.3) is 0 Å². The second-order valence-electron chi connectivity index (χ2n) is 15.3. The molecule has 0 fully saturated rings. The van der Waals surface area contributed by atoms with E-state index in [0.29, 0.717) is 22.4 Å². The Morgan fingerprint density at radius 3 is 1.27 bits per heavy atom. The number of rotatable bonds is 10. The summed E-state index contributed by atoms with van der Waals surface area (Å²) in [6, 6.07) is 69.5. The van der Waals surface area contributed by atoms with Crippen LogP contribution in [0.5, 0.6) is 0 Å². The molecule has 0 atom stereocenters. The topological polar surface area (TPSA) is 34.6 Å². The van der Waals surface area contributed by atoms with E-state index in [1.807, 2.05) is 48.6 Å². The van der Waals surface area contributed by atoms with Crippen LogP contribution in [0, 0.1) is 31.8 Å². The highest BCUT2D eigenvalue weighted by molar-refractivity contribution is 6.02. The average molecular weight is 795 g/mol. The molecule has 0 spiro atoms. The zero-order valence-electron chi connectivity index (χ0n) is 34.6. The molecule has 0 unspecified atom stereocenters. The summed E-state index contributed by atoms with van der Waals surface area (Å²) < 4.78 is 0. The van der Waals surface area contributed by atoms with Crippen LogP contribution < -0.4 is 9.80 Å². The third kappa shape index (κ3) is 7.85. The highest BCUT2D eigenvalue weighted by Crippen LogP contribution is 2.41. The Hall–Kier alpha value is -8.44. The Labute approximate surface area is 363 Å². The average Bonchev–Trinajstić information content (AvgIpc) is 3.33. The number of hydrogen-bond acceptors (Lipinski definition) is 3. The van der Waals surface area contributed by atoms with Gasteiger partial charge in [-0.2, -0.15) is 5.26 Å². The molecule has 0 saturated heterocycles. The van der Waals surface area contributed by atoms with Crippen LogP contribution in [-0.4, -0.2) is 0 Å². The van der Waals surface area contributed by atoms with Crippen molar-refractivity contribution in [1.82, 2.24) is 0 Å². The predicted molar refractivity (Wildman–Crippen MR) is 262 cm³/mol. The molecular formula is C58H42N4. The monoisotopic (exact) mass is 794 g/mol. The van der Waals surface area contributed by atoms with Crippen molar-refractivity contribution in [1.29, 1.82) is 5.26 Å². The molecule has 0 bridgehead atoms. The summed E-state index contributed by atoms with van der Waals surface area (Å²) in [5, 5.41) is 15.1. The van der Waals surface area contributed by atoms with Crippen molar-refractivity contribution in [2.75, 3.05) is 9.80 Å². The first-order valence-electron chi connectivity index (χ1n) is 20.7. The fraction of sp³-hybridized carbons (Fsp3) is 0.0345. The SMILES string of the molecule is [C-]#[N+]c1cc(/C=C/c2ccc(N(c3ccccc3)c3ccc(C)c4ccccc34)cc2)c(C#N)cc1/C=C/c1ccc(N(c2ccccc2)c2ccc(C)c3ccccc23)cc1. The van der Waals surface area contributed by atoms with Crippen LogP contribution >= 0.6 is 0 Å². The maximum atomic E-state index is 10.3. The van der Waals surface area contributed by atoms with Gasteiger partial charge in [-0.25, -0.2) is 4.85 Å². The first-order chi connectivity index (χ1) is 30.5. The van der Waals surface area contributed by atoms with Gasteiger partial charge in [0.1, 0.15) is 0 Å². The predicted octanol–water partition coefficient (Wildman–Crippen LogP) is 16.3. The maximum Gasteiger partial charge on any atom is 0.194 e. The Morgan fingerprint density at radius 1 is 0.435 bits per heavy atom. The normalized spacial score (nSPS) is 11.2. The number of benzene rings is 9.